The first-order chi connectivity index (χ1) is 11.5. The zero-order chi connectivity index (χ0) is 17.3. The van der Waals surface area contributed by atoms with Crippen molar-refractivity contribution in [3.05, 3.63) is 22.7 Å². The fraction of sp³-hybridized carbons (Fsp3) is 0.611. The molecular weight excluding hydrogens is 328 g/mol. The summed E-state index contributed by atoms with van der Waals surface area (Å²) in [6, 6.07) is 3.42. The lowest BCUT2D eigenvalue weighted by Crippen LogP contribution is -2.31. The fourth-order valence-corrected chi connectivity index (χ4v) is 3.70. The molecule has 2 heterocycles. The number of benzene rings is 1. The van der Waals surface area contributed by atoms with Gasteiger partial charge in [0.2, 0.25) is 0 Å². The molecule has 2 aliphatic rings. The maximum atomic E-state index is 12.8. The maximum absolute atomic E-state index is 12.8. The molecule has 1 amide bonds. The van der Waals surface area contributed by atoms with E-state index in [9.17, 15) is 4.79 Å². The lowest BCUT2D eigenvalue weighted by molar-refractivity contribution is 0.0781. The number of likely N-dealkylation sites (tertiary alicyclic amines) is 1. The average Bonchev–Trinajstić information content (AvgIpc) is 3.13. The molecule has 6 heteroatoms. The average molecular weight is 353 g/mol. The summed E-state index contributed by atoms with van der Waals surface area (Å²) in [5.74, 6) is 2.55. The Labute approximate surface area is 148 Å². The van der Waals surface area contributed by atoms with Crippen molar-refractivity contribution in [2.45, 2.75) is 13.8 Å². The van der Waals surface area contributed by atoms with Crippen LogP contribution in [0.1, 0.15) is 24.2 Å². The quantitative estimate of drug-likeness (QED) is 0.885. The molecule has 0 aromatic heterocycles. The molecule has 24 heavy (non-hydrogen) atoms. The molecule has 1 N–H and O–H groups in total. The second kappa shape index (κ2) is 7.19. The van der Waals surface area contributed by atoms with E-state index in [-0.39, 0.29) is 5.91 Å². The summed E-state index contributed by atoms with van der Waals surface area (Å²) in [5, 5.41) is 3.80. The SMILES string of the molecule is COc1cc(C(=O)N2C[C@H]3CNC[C@H]3C2)cc(Cl)c1OCC(C)C. The van der Waals surface area contributed by atoms with Crippen molar-refractivity contribution in [2.75, 3.05) is 39.9 Å². The Morgan fingerprint density at radius 1 is 1.33 bits per heavy atom. The molecule has 0 unspecified atom stereocenters. The van der Waals surface area contributed by atoms with Crippen LogP contribution in [0, 0.1) is 17.8 Å². The van der Waals surface area contributed by atoms with Crippen LogP contribution in [-0.4, -0.2) is 50.7 Å². The van der Waals surface area contributed by atoms with Crippen LogP contribution in [0.25, 0.3) is 0 Å². The molecule has 0 bridgehead atoms. The first-order valence-corrected chi connectivity index (χ1v) is 8.87. The van der Waals surface area contributed by atoms with E-state index in [2.05, 4.69) is 19.2 Å². The van der Waals surface area contributed by atoms with Crippen molar-refractivity contribution in [3.8, 4) is 11.5 Å². The normalized spacial score (nSPS) is 22.8. The van der Waals surface area contributed by atoms with E-state index < -0.39 is 0 Å². The van der Waals surface area contributed by atoms with Gasteiger partial charge in [0.05, 0.1) is 18.7 Å². The summed E-state index contributed by atoms with van der Waals surface area (Å²) in [6.07, 6.45) is 0. The Hall–Kier alpha value is -1.46. The molecule has 2 atom stereocenters. The molecule has 0 aliphatic carbocycles. The number of nitrogens with zero attached hydrogens (tertiary/aromatic N) is 1. The Morgan fingerprint density at radius 3 is 2.58 bits per heavy atom. The van der Waals surface area contributed by atoms with Gasteiger partial charge in [-0.15, -0.1) is 0 Å². The van der Waals surface area contributed by atoms with Crippen LogP contribution >= 0.6 is 11.6 Å². The molecule has 0 saturated carbocycles. The van der Waals surface area contributed by atoms with Gasteiger partial charge in [0.25, 0.3) is 5.91 Å². The molecule has 0 radical (unpaired) electrons. The predicted molar refractivity (Wildman–Crippen MR) is 94.1 cm³/mol. The summed E-state index contributed by atoms with van der Waals surface area (Å²) < 4.78 is 11.1. The number of ether oxygens (including phenoxy) is 2. The predicted octanol–water partition coefficient (Wildman–Crippen LogP) is 2.67. The number of hydrogen-bond acceptors (Lipinski definition) is 4. The number of hydrogen-bond donors (Lipinski definition) is 1. The molecule has 0 spiro atoms. The number of carbonyl (C=O) groups is 1. The van der Waals surface area contributed by atoms with Gasteiger partial charge >= 0.3 is 0 Å². The smallest absolute Gasteiger partial charge is 0.254 e. The molecule has 2 aliphatic heterocycles. The molecular formula is C18H25ClN2O3. The largest absolute Gasteiger partial charge is 0.493 e. The first-order valence-electron chi connectivity index (χ1n) is 8.50. The topological polar surface area (TPSA) is 50.8 Å². The third kappa shape index (κ3) is 3.47. The van der Waals surface area contributed by atoms with Gasteiger partial charge in [0.1, 0.15) is 0 Å². The van der Waals surface area contributed by atoms with Gasteiger partial charge < -0.3 is 19.7 Å². The second-order valence-corrected chi connectivity index (χ2v) is 7.49. The molecule has 1 aromatic carbocycles. The lowest BCUT2D eigenvalue weighted by atomic mass is 10.0. The van der Waals surface area contributed by atoms with E-state index >= 15 is 0 Å². The van der Waals surface area contributed by atoms with Gasteiger partial charge in [-0.2, -0.15) is 0 Å². The van der Waals surface area contributed by atoms with E-state index in [1.54, 1.807) is 19.2 Å². The molecule has 2 saturated heterocycles. The minimum Gasteiger partial charge on any atom is -0.493 e. The number of amides is 1. The molecule has 132 valence electrons. The minimum atomic E-state index is 0.0139. The summed E-state index contributed by atoms with van der Waals surface area (Å²) in [4.78, 5) is 14.8. The highest BCUT2D eigenvalue weighted by atomic mass is 35.5. The third-order valence-electron chi connectivity index (χ3n) is 4.71. The second-order valence-electron chi connectivity index (χ2n) is 7.08. The van der Waals surface area contributed by atoms with Crippen molar-refractivity contribution in [1.29, 1.82) is 0 Å². The number of halogens is 1. The van der Waals surface area contributed by atoms with Crippen LogP contribution < -0.4 is 14.8 Å². The zero-order valence-electron chi connectivity index (χ0n) is 14.5. The highest BCUT2D eigenvalue weighted by Crippen LogP contribution is 2.37. The van der Waals surface area contributed by atoms with Crippen LogP contribution in [0.2, 0.25) is 5.02 Å². The van der Waals surface area contributed by atoms with Crippen LogP contribution in [0.3, 0.4) is 0 Å². The number of fused-ring (bicyclic) bond motifs is 1. The summed E-state index contributed by atoms with van der Waals surface area (Å²) in [6.45, 7) is 8.30. The monoisotopic (exact) mass is 352 g/mol. The summed E-state index contributed by atoms with van der Waals surface area (Å²) in [7, 11) is 1.56. The van der Waals surface area contributed by atoms with E-state index in [0.29, 0.717) is 46.4 Å². The van der Waals surface area contributed by atoms with Gasteiger partial charge in [-0.3, -0.25) is 4.79 Å². The number of methoxy groups -OCH3 is 1. The molecule has 5 nitrogen and oxygen atoms in total. The van der Waals surface area contributed by atoms with Gasteiger partial charge in [0.15, 0.2) is 11.5 Å². The van der Waals surface area contributed by atoms with Gasteiger partial charge in [-0.1, -0.05) is 25.4 Å². The van der Waals surface area contributed by atoms with Crippen molar-refractivity contribution in [3.63, 3.8) is 0 Å². The Morgan fingerprint density at radius 2 is 2.00 bits per heavy atom. The van der Waals surface area contributed by atoms with Crippen molar-refractivity contribution in [1.82, 2.24) is 10.2 Å². The van der Waals surface area contributed by atoms with Gasteiger partial charge in [-0.25, -0.2) is 0 Å². The van der Waals surface area contributed by atoms with Crippen LogP contribution in [0.5, 0.6) is 11.5 Å². The van der Waals surface area contributed by atoms with Crippen LogP contribution in [0.4, 0.5) is 0 Å². The third-order valence-corrected chi connectivity index (χ3v) is 4.99. The van der Waals surface area contributed by atoms with Gasteiger partial charge in [0, 0.05) is 31.7 Å². The highest BCUT2D eigenvalue weighted by Gasteiger charge is 2.38. The Kier molecular flexibility index (Phi) is 5.21. The molecule has 2 fully saturated rings. The lowest BCUT2D eigenvalue weighted by Gasteiger charge is -2.19. The van der Waals surface area contributed by atoms with E-state index in [0.717, 1.165) is 26.2 Å². The number of carbonyl (C=O) groups excluding carboxylic acids is 1. The van der Waals surface area contributed by atoms with Crippen LogP contribution in [0.15, 0.2) is 12.1 Å². The maximum Gasteiger partial charge on any atom is 0.254 e. The minimum absolute atomic E-state index is 0.0139. The van der Waals surface area contributed by atoms with E-state index in [4.69, 9.17) is 21.1 Å². The number of rotatable bonds is 5. The molecule has 3 rings (SSSR count). The first kappa shape index (κ1) is 17.4. The Balaban J connectivity index is 1.78. The Bertz CT molecular complexity index is 609. The highest BCUT2D eigenvalue weighted by molar-refractivity contribution is 6.32. The van der Waals surface area contributed by atoms with Crippen LogP contribution in [-0.2, 0) is 0 Å². The zero-order valence-corrected chi connectivity index (χ0v) is 15.2. The van der Waals surface area contributed by atoms with Crippen molar-refractivity contribution in [2.24, 2.45) is 17.8 Å². The summed E-state index contributed by atoms with van der Waals surface area (Å²) in [5.41, 5.74) is 0.557. The van der Waals surface area contributed by atoms with Crippen molar-refractivity contribution < 1.29 is 14.3 Å². The van der Waals surface area contributed by atoms with Gasteiger partial charge in [-0.05, 0) is 29.9 Å². The van der Waals surface area contributed by atoms with Crippen molar-refractivity contribution >= 4 is 17.5 Å². The summed E-state index contributed by atoms with van der Waals surface area (Å²) >= 11 is 6.36. The molecule has 1 aromatic rings. The van der Waals surface area contributed by atoms with E-state index in [1.165, 1.54) is 0 Å². The number of nitrogens with one attached hydrogen (secondary N) is 1. The standard InChI is InChI=1S/C18H25ClN2O3/c1-11(2)10-24-17-15(19)4-12(5-16(17)23-3)18(22)21-8-13-6-20-7-14(13)9-21/h4-5,11,13-14,20H,6-10H2,1-3H3/t13-,14+. The fourth-order valence-electron chi connectivity index (χ4n) is 3.44. The van der Waals surface area contributed by atoms with E-state index in [1.807, 2.05) is 4.90 Å².